The predicted octanol–water partition coefficient (Wildman–Crippen LogP) is 1.14. The number of thioether (sulfide) groups is 1. The van der Waals surface area contributed by atoms with Gasteiger partial charge >= 0.3 is 0 Å². The third-order valence-electron chi connectivity index (χ3n) is 3.66. The molecule has 4 heteroatoms. The van der Waals surface area contributed by atoms with Gasteiger partial charge in [0.1, 0.15) is 0 Å². The average molecular weight is 228 g/mol. The monoisotopic (exact) mass is 228 g/mol. The first kappa shape index (κ1) is 11.3. The van der Waals surface area contributed by atoms with Crippen LogP contribution in [-0.2, 0) is 4.79 Å². The van der Waals surface area contributed by atoms with E-state index in [1.54, 1.807) is 0 Å². The molecule has 1 saturated heterocycles. The molecule has 1 amide bonds. The molecule has 2 rings (SSSR count). The van der Waals surface area contributed by atoms with Gasteiger partial charge in [-0.2, -0.15) is 11.8 Å². The minimum Gasteiger partial charge on any atom is -0.353 e. The van der Waals surface area contributed by atoms with Crippen molar-refractivity contribution in [2.45, 2.75) is 42.9 Å². The molecule has 2 aliphatic rings. The van der Waals surface area contributed by atoms with E-state index in [1.165, 1.54) is 19.3 Å². The molecule has 0 aromatic heterocycles. The van der Waals surface area contributed by atoms with Crippen LogP contribution in [0.5, 0.6) is 0 Å². The topological polar surface area (TPSA) is 41.1 Å². The lowest BCUT2D eigenvalue weighted by Gasteiger charge is -2.40. The highest BCUT2D eigenvalue weighted by molar-refractivity contribution is 8.00. The molecule has 1 aliphatic heterocycles. The van der Waals surface area contributed by atoms with Gasteiger partial charge in [-0.05, 0) is 38.5 Å². The summed E-state index contributed by atoms with van der Waals surface area (Å²) in [6, 6.07) is 0.0731. The first-order valence-corrected chi connectivity index (χ1v) is 7.04. The van der Waals surface area contributed by atoms with Crippen molar-refractivity contribution >= 4 is 17.7 Å². The van der Waals surface area contributed by atoms with Crippen molar-refractivity contribution < 1.29 is 4.79 Å². The van der Waals surface area contributed by atoms with Crippen LogP contribution in [0.15, 0.2) is 0 Å². The first-order chi connectivity index (χ1) is 7.26. The number of nitrogens with one attached hydrogen (secondary N) is 2. The van der Waals surface area contributed by atoms with Crippen LogP contribution >= 0.6 is 11.8 Å². The highest BCUT2D eigenvalue weighted by atomic mass is 32.2. The molecule has 1 aliphatic carbocycles. The Kier molecular flexibility index (Phi) is 3.57. The third kappa shape index (κ3) is 2.48. The largest absolute Gasteiger partial charge is 0.353 e. The second-order valence-corrected chi connectivity index (χ2v) is 5.88. The van der Waals surface area contributed by atoms with E-state index in [-0.39, 0.29) is 11.9 Å². The number of hydrogen-bond acceptors (Lipinski definition) is 3. The SMILES string of the molecule is CSC1(CNC(=O)[C@@H]2CCCN2)CCC1. The molecule has 1 saturated carbocycles. The standard InChI is InChI=1S/C11H20N2OS/c1-15-11(5-3-6-11)8-13-10(14)9-4-2-7-12-9/h9,12H,2-8H2,1H3,(H,13,14)/t9-/m0/s1. The Hall–Kier alpha value is -0.220. The van der Waals surface area contributed by atoms with E-state index in [2.05, 4.69) is 16.9 Å². The Morgan fingerprint density at radius 3 is 2.80 bits per heavy atom. The normalized spacial score (nSPS) is 28.5. The van der Waals surface area contributed by atoms with E-state index >= 15 is 0 Å². The second kappa shape index (κ2) is 4.74. The molecule has 3 nitrogen and oxygen atoms in total. The molecule has 0 bridgehead atoms. The van der Waals surface area contributed by atoms with Crippen molar-refractivity contribution in [1.29, 1.82) is 0 Å². The molecule has 0 unspecified atom stereocenters. The maximum Gasteiger partial charge on any atom is 0.237 e. The summed E-state index contributed by atoms with van der Waals surface area (Å²) in [6.45, 7) is 1.84. The van der Waals surface area contributed by atoms with Gasteiger partial charge in [0.05, 0.1) is 6.04 Å². The van der Waals surface area contributed by atoms with Crippen LogP contribution < -0.4 is 10.6 Å². The molecule has 2 fully saturated rings. The van der Waals surface area contributed by atoms with Crippen molar-refractivity contribution in [2.24, 2.45) is 0 Å². The zero-order chi connectivity index (χ0) is 10.7. The Morgan fingerprint density at radius 2 is 2.33 bits per heavy atom. The van der Waals surface area contributed by atoms with E-state index in [4.69, 9.17) is 0 Å². The summed E-state index contributed by atoms with van der Waals surface area (Å²) in [5.74, 6) is 0.202. The summed E-state index contributed by atoms with van der Waals surface area (Å²) in [4.78, 5) is 11.8. The molecule has 0 spiro atoms. The van der Waals surface area contributed by atoms with Gasteiger partial charge in [-0.25, -0.2) is 0 Å². The summed E-state index contributed by atoms with van der Waals surface area (Å²) in [7, 11) is 0. The van der Waals surface area contributed by atoms with E-state index < -0.39 is 0 Å². The molecule has 0 radical (unpaired) electrons. The van der Waals surface area contributed by atoms with Crippen LogP contribution in [0.25, 0.3) is 0 Å². The summed E-state index contributed by atoms with van der Waals surface area (Å²) in [5, 5.41) is 6.32. The van der Waals surface area contributed by atoms with Crippen molar-refractivity contribution in [3.05, 3.63) is 0 Å². The molecule has 0 aromatic rings. The first-order valence-electron chi connectivity index (χ1n) is 5.82. The van der Waals surface area contributed by atoms with Gasteiger partial charge in [-0.3, -0.25) is 4.79 Å². The van der Waals surface area contributed by atoms with Crippen LogP contribution in [0.2, 0.25) is 0 Å². The Bertz CT molecular complexity index is 229. The summed E-state index contributed by atoms with van der Waals surface area (Å²) in [5.41, 5.74) is 0. The van der Waals surface area contributed by atoms with E-state index in [1.807, 2.05) is 11.8 Å². The van der Waals surface area contributed by atoms with Crippen molar-refractivity contribution in [1.82, 2.24) is 10.6 Å². The molecule has 0 aromatic carbocycles. The fraction of sp³-hybridized carbons (Fsp3) is 0.909. The quantitative estimate of drug-likeness (QED) is 0.758. The molecule has 1 atom stereocenters. The van der Waals surface area contributed by atoms with Gasteiger partial charge in [0, 0.05) is 11.3 Å². The smallest absolute Gasteiger partial charge is 0.237 e. The summed E-state index contributed by atoms with van der Waals surface area (Å²) >= 11 is 1.91. The fourth-order valence-corrected chi connectivity index (χ4v) is 3.22. The van der Waals surface area contributed by atoms with Crippen LogP contribution in [0.4, 0.5) is 0 Å². The zero-order valence-corrected chi connectivity index (χ0v) is 10.2. The number of amides is 1. The average Bonchev–Trinajstić information content (AvgIpc) is 2.69. The lowest BCUT2D eigenvalue weighted by molar-refractivity contribution is -0.123. The predicted molar refractivity (Wildman–Crippen MR) is 64.1 cm³/mol. The van der Waals surface area contributed by atoms with E-state index in [0.717, 1.165) is 25.9 Å². The van der Waals surface area contributed by atoms with Gasteiger partial charge < -0.3 is 10.6 Å². The van der Waals surface area contributed by atoms with Gasteiger partial charge in [0.25, 0.3) is 0 Å². The second-order valence-electron chi connectivity index (χ2n) is 4.61. The van der Waals surface area contributed by atoms with Crippen molar-refractivity contribution in [2.75, 3.05) is 19.3 Å². The van der Waals surface area contributed by atoms with Gasteiger partial charge in [0.2, 0.25) is 5.91 Å². The zero-order valence-electron chi connectivity index (χ0n) is 9.34. The molecule has 86 valence electrons. The third-order valence-corrected chi connectivity index (χ3v) is 5.08. The van der Waals surface area contributed by atoms with Crippen LogP contribution in [0.1, 0.15) is 32.1 Å². The minimum atomic E-state index is 0.0731. The van der Waals surface area contributed by atoms with Gasteiger partial charge in [0.15, 0.2) is 0 Å². The van der Waals surface area contributed by atoms with E-state index in [0.29, 0.717) is 4.75 Å². The summed E-state index contributed by atoms with van der Waals surface area (Å²) < 4.78 is 0.355. The van der Waals surface area contributed by atoms with E-state index in [9.17, 15) is 4.79 Å². The lowest BCUT2D eigenvalue weighted by atomic mass is 9.84. The van der Waals surface area contributed by atoms with Crippen LogP contribution in [0.3, 0.4) is 0 Å². The molecule has 15 heavy (non-hydrogen) atoms. The maximum atomic E-state index is 11.8. The van der Waals surface area contributed by atoms with Crippen LogP contribution in [-0.4, -0.2) is 36.0 Å². The fourth-order valence-electron chi connectivity index (χ4n) is 2.30. The molecular formula is C11H20N2OS. The lowest BCUT2D eigenvalue weighted by Crippen LogP contribution is -2.49. The van der Waals surface area contributed by atoms with Crippen LogP contribution in [0, 0.1) is 0 Å². The summed E-state index contributed by atoms with van der Waals surface area (Å²) in [6.07, 6.45) is 8.11. The Morgan fingerprint density at radius 1 is 1.53 bits per heavy atom. The number of rotatable bonds is 4. The number of carbonyl (C=O) groups excluding carboxylic acids is 1. The number of hydrogen-bond donors (Lipinski definition) is 2. The Labute approximate surface area is 95.8 Å². The van der Waals surface area contributed by atoms with Gasteiger partial charge in [-0.15, -0.1) is 0 Å². The molecular weight excluding hydrogens is 208 g/mol. The van der Waals surface area contributed by atoms with Crippen molar-refractivity contribution in [3.8, 4) is 0 Å². The molecule has 1 heterocycles. The minimum absolute atomic E-state index is 0.0731. The number of carbonyl (C=O) groups is 1. The van der Waals surface area contributed by atoms with Gasteiger partial charge in [-0.1, -0.05) is 6.42 Å². The molecule has 2 N–H and O–H groups in total. The highest BCUT2D eigenvalue weighted by Crippen LogP contribution is 2.42. The Balaban J connectivity index is 1.74. The maximum absolute atomic E-state index is 11.8. The van der Waals surface area contributed by atoms with Crippen molar-refractivity contribution in [3.63, 3.8) is 0 Å². The highest BCUT2D eigenvalue weighted by Gasteiger charge is 2.36.